The molecular formula is C27H25BrN4O2. The van der Waals surface area contributed by atoms with Crippen molar-refractivity contribution in [3.05, 3.63) is 89.2 Å². The molecule has 5 rings (SSSR count). The van der Waals surface area contributed by atoms with Gasteiger partial charge in [-0.05, 0) is 49.7 Å². The van der Waals surface area contributed by atoms with Gasteiger partial charge in [0.25, 0.3) is 0 Å². The van der Waals surface area contributed by atoms with Crippen LogP contribution in [0.25, 0.3) is 22.5 Å². The Hall–Kier alpha value is -3.29. The predicted molar refractivity (Wildman–Crippen MR) is 136 cm³/mol. The number of halogens is 1. The molecule has 2 heterocycles. The van der Waals surface area contributed by atoms with E-state index in [1.807, 2.05) is 66.7 Å². The van der Waals surface area contributed by atoms with Crippen molar-refractivity contribution in [1.29, 1.82) is 0 Å². The Labute approximate surface area is 207 Å². The molecule has 34 heavy (non-hydrogen) atoms. The second kappa shape index (κ2) is 10.3. The minimum absolute atomic E-state index is 0.0139. The highest BCUT2D eigenvalue weighted by Crippen LogP contribution is 2.29. The Bertz CT molecular complexity index is 1270. The monoisotopic (exact) mass is 516 g/mol. The molecule has 1 aliphatic heterocycles. The van der Waals surface area contributed by atoms with Gasteiger partial charge in [0.15, 0.2) is 0 Å². The van der Waals surface area contributed by atoms with Crippen LogP contribution in [0.5, 0.6) is 0 Å². The lowest BCUT2D eigenvalue weighted by Gasteiger charge is -2.30. The summed E-state index contributed by atoms with van der Waals surface area (Å²) in [6.07, 6.45) is 1.60. The Morgan fingerprint density at radius 3 is 2.50 bits per heavy atom. The third-order valence-electron chi connectivity index (χ3n) is 6.14. The smallest absolute Gasteiger partial charge is 0.241 e. The highest BCUT2D eigenvalue weighted by Gasteiger charge is 2.26. The number of nitrogens with zero attached hydrogens (tertiary/aromatic N) is 3. The van der Waals surface area contributed by atoms with Crippen molar-refractivity contribution in [2.75, 3.05) is 18.4 Å². The maximum Gasteiger partial charge on any atom is 0.241 e. The topological polar surface area (TPSA) is 71.3 Å². The number of rotatable bonds is 6. The summed E-state index contributed by atoms with van der Waals surface area (Å²) in [5.74, 6) is 1.25. The van der Waals surface area contributed by atoms with Crippen LogP contribution in [-0.4, -0.2) is 34.0 Å². The minimum atomic E-state index is -0.0139. The standard InChI is InChI=1S/C27H25BrN4O2/c28-22-10-6-9-21(17-22)26-30-25(34-31-26)18-32-15-13-20(14-16-32)27(33)29-24-12-5-4-11-23(24)19-7-2-1-3-8-19/h1-12,17,20H,13-16,18H2,(H,29,33). The van der Waals surface area contributed by atoms with Crippen LogP contribution in [0.15, 0.2) is 87.9 Å². The van der Waals surface area contributed by atoms with Crippen LogP contribution in [0.1, 0.15) is 18.7 Å². The van der Waals surface area contributed by atoms with E-state index < -0.39 is 0 Å². The molecule has 1 saturated heterocycles. The molecule has 7 heteroatoms. The van der Waals surface area contributed by atoms with Crippen molar-refractivity contribution >= 4 is 27.5 Å². The molecule has 0 spiro atoms. The maximum atomic E-state index is 13.0. The van der Waals surface area contributed by atoms with Crippen LogP contribution in [0.3, 0.4) is 0 Å². The first-order valence-electron chi connectivity index (χ1n) is 11.4. The summed E-state index contributed by atoms with van der Waals surface area (Å²) in [4.78, 5) is 19.8. The zero-order valence-corrected chi connectivity index (χ0v) is 20.2. The first-order chi connectivity index (χ1) is 16.7. The van der Waals surface area contributed by atoms with Gasteiger partial charge in [0, 0.05) is 27.2 Å². The fourth-order valence-electron chi connectivity index (χ4n) is 4.30. The average Bonchev–Trinajstić information content (AvgIpc) is 3.34. The number of hydrogen-bond acceptors (Lipinski definition) is 5. The van der Waals surface area contributed by atoms with Crippen LogP contribution in [0.2, 0.25) is 0 Å². The van der Waals surface area contributed by atoms with E-state index in [-0.39, 0.29) is 11.8 Å². The molecule has 172 valence electrons. The van der Waals surface area contributed by atoms with Crippen molar-refractivity contribution < 1.29 is 9.32 Å². The molecule has 0 bridgehead atoms. The average molecular weight is 517 g/mol. The summed E-state index contributed by atoms with van der Waals surface area (Å²) >= 11 is 3.47. The minimum Gasteiger partial charge on any atom is -0.338 e. The third-order valence-corrected chi connectivity index (χ3v) is 6.63. The van der Waals surface area contributed by atoms with Crippen LogP contribution < -0.4 is 5.32 Å². The number of likely N-dealkylation sites (tertiary alicyclic amines) is 1. The van der Waals surface area contributed by atoms with Gasteiger partial charge in [-0.1, -0.05) is 81.8 Å². The van der Waals surface area contributed by atoms with Crippen molar-refractivity contribution in [3.8, 4) is 22.5 Å². The first kappa shape index (κ1) is 22.5. The summed E-state index contributed by atoms with van der Waals surface area (Å²) in [5, 5.41) is 7.29. The molecule has 1 aliphatic rings. The van der Waals surface area contributed by atoms with Gasteiger partial charge in [-0.25, -0.2) is 0 Å². The zero-order chi connectivity index (χ0) is 23.3. The summed E-state index contributed by atoms with van der Waals surface area (Å²) < 4.78 is 6.45. The Balaban J connectivity index is 1.17. The lowest BCUT2D eigenvalue weighted by Crippen LogP contribution is -2.37. The third kappa shape index (κ3) is 5.26. The van der Waals surface area contributed by atoms with Crippen LogP contribution in [0, 0.1) is 5.92 Å². The molecule has 1 amide bonds. The van der Waals surface area contributed by atoms with Crippen molar-refractivity contribution in [3.63, 3.8) is 0 Å². The predicted octanol–water partition coefficient (Wildman–Crippen LogP) is 6.02. The largest absolute Gasteiger partial charge is 0.338 e. The zero-order valence-electron chi connectivity index (χ0n) is 18.7. The highest BCUT2D eigenvalue weighted by molar-refractivity contribution is 9.10. The number of para-hydroxylation sites is 1. The molecule has 0 unspecified atom stereocenters. The molecule has 0 saturated carbocycles. The van der Waals surface area contributed by atoms with E-state index in [0.717, 1.165) is 52.8 Å². The lowest BCUT2D eigenvalue weighted by atomic mass is 9.95. The van der Waals surface area contributed by atoms with E-state index in [0.29, 0.717) is 18.3 Å². The number of carbonyl (C=O) groups is 1. The number of anilines is 1. The molecule has 0 atom stereocenters. The van der Waals surface area contributed by atoms with Gasteiger partial charge < -0.3 is 9.84 Å². The van der Waals surface area contributed by atoms with E-state index in [9.17, 15) is 4.79 Å². The molecule has 0 aliphatic carbocycles. The molecule has 1 N–H and O–H groups in total. The molecule has 3 aromatic carbocycles. The number of nitrogens with one attached hydrogen (secondary N) is 1. The molecule has 1 aromatic heterocycles. The lowest BCUT2D eigenvalue weighted by molar-refractivity contribution is -0.121. The Morgan fingerprint density at radius 1 is 0.971 bits per heavy atom. The van der Waals surface area contributed by atoms with Gasteiger partial charge in [0.2, 0.25) is 17.6 Å². The van der Waals surface area contributed by atoms with Gasteiger partial charge in [0.1, 0.15) is 0 Å². The highest BCUT2D eigenvalue weighted by atomic mass is 79.9. The molecule has 6 nitrogen and oxygen atoms in total. The Kier molecular flexibility index (Phi) is 6.83. The normalized spacial score (nSPS) is 14.7. The van der Waals surface area contributed by atoms with Gasteiger partial charge in [-0.2, -0.15) is 4.98 Å². The van der Waals surface area contributed by atoms with Crippen molar-refractivity contribution in [2.45, 2.75) is 19.4 Å². The van der Waals surface area contributed by atoms with Crippen molar-refractivity contribution in [1.82, 2.24) is 15.0 Å². The molecular weight excluding hydrogens is 492 g/mol. The van der Waals surface area contributed by atoms with Crippen LogP contribution in [-0.2, 0) is 11.3 Å². The van der Waals surface area contributed by atoms with Gasteiger partial charge >= 0.3 is 0 Å². The van der Waals surface area contributed by atoms with E-state index >= 15 is 0 Å². The number of benzene rings is 3. The SMILES string of the molecule is O=C(Nc1ccccc1-c1ccccc1)C1CCN(Cc2nc(-c3cccc(Br)c3)no2)CC1. The summed E-state index contributed by atoms with van der Waals surface area (Å²) in [5.41, 5.74) is 3.89. The molecule has 0 radical (unpaired) electrons. The van der Waals surface area contributed by atoms with Crippen molar-refractivity contribution in [2.24, 2.45) is 5.92 Å². The van der Waals surface area contributed by atoms with Gasteiger partial charge in [-0.3, -0.25) is 9.69 Å². The van der Waals surface area contributed by atoms with E-state index in [4.69, 9.17) is 4.52 Å². The fourth-order valence-corrected chi connectivity index (χ4v) is 4.70. The number of aromatic nitrogens is 2. The van der Waals surface area contributed by atoms with Gasteiger partial charge in [-0.15, -0.1) is 0 Å². The second-order valence-electron chi connectivity index (χ2n) is 8.47. The first-order valence-corrected chi connectivity index (χ1v) is 12.2. The summed E-state index contributed by atoms with van der Waals surface area (Å²) in [6.45, 7) is 2.21. The molecule has 4 aromatic rings. The van der Waals surface area contributed by atoms with Crippen LogP contribution in [0.4, 0.5) is 5.69 Å². The van der Waals surface area contributed by atoms with E-state index in [2.05, 4.69) is 48.4 Å². The fraction of sp³-hybridized carbons (Fsp3) is 0.222. The number of amides is 1. The second-order valence-corrected chi connectivity index (χ2v) is 9.39. The summed E-state index contributed by atoms with van der Waals surface area (Å²) in [6, 6.07) is 25.9. The van der Waals surface area contributed by atoms with E-state index in [1.165, 1.54) is 0 Å². The molecule has 1 fully saturated rings. The quantitative estimate of drug-likeness (QED) is 0.339. The van der Waals surface area contributed by atoms with Crippen LogP contribution >= 0.6 is 15.9 Å². The number of carbonyl (C=O) groups excluding carboxylic acids is 1. The summed E-state index contributed by atoms with van der Waals surface area (Å²) in [7, 11) is 0. The number of hydrogen-bond donors (Lipinski definition) is 1. The maximum absolute atomic E-state index is 13.0. The Morgan fingerprint density at radius 2 is 1.71 bits per heavy atom. The van der Waals surface area contributed by atoms with Gasteiger partial charge in [0.05, 0.1) is 6.54 Å². The van der Waals surface area contributed by atoms with E-state index in [1.54, 1.807) is 0 Å². The number of piperidine rings is 1.